The van der Waals surface area contributed by atoms with E-state index >= 15 is 0 Å². The second kappa shape index (κ2) is 3.69. The highest BCUT2D eigenvalue weighted by atomic mass is 16.1. The molecule has 0 aromatic heterocycles. The monoisotopic (exact) mass is 157 g/mol. The van der Waals surface area contributed by atoms with Gasteiger partial charge in [-0.1, -0.05) is 0 Å². The van der Waals surface area contributed by atoms with E-state index in [2.05, 4.69) is 5.32 Å². The predicted molar refractivity (Wildman–Crippen MR) is 42.6 cm³/mol. The summed E-state index contributed by atoms with van der Waals surface area (Å²) < 4.78 is 0. The third kappa shape index (κ3) is 2.86. The van der Waals surface area contributed by atoms with Gasteiger partial charge in [0.2, 0.25) is 5.91 Å². The zero-order valence-electron chi connectivity index (χ0n) is 6.84. The fraction of sp³-hybridized carbons (Fsp3) is 0.857. The molecular weight excluding hydrogens is 142 g/mol. The lowest BCUT2D eigenvalue weighted by molar-refractivity contribution is -0.120. The van der Waals surface area contributed by atoms with Gasteiger partial charge in [-0.05, 0) is 12.8 Å². The number of rotatable bonds is 1. The largest absolute Gasteiger partial charge is 0.352 e. The molecule has 0 bridgehead atoms. The summed E-state index contributed by atoms with van der Waals surface area (Å²) in [5.41, 5.74) is 0. The van der Waals surface area contributed by atoms with Crippen LogP contribution >= 0.6 is 0 Å². The summed E-state index contributed by atoms with van der Waals surface area (Å²) in [4.78, 5) is 10.6. The predicted octanol–water partition coefficient (Wildman–Crippen LogP) is -0.539. The average molecular weight is 157 g/mol. The number of piperidine rings is 1. The van der Waals surface area contributed by atoms with Crippen LogP contribution in [0.2, 0.25) is 0 Å². The van der Waals surface area contributed by atoms with E-state index in [1.165, 1.54) is 6.92 Å². The second-order valence-corrected chi connectivity index (χ2v) is 3.03. The molecule has 1 amide bonds. The van der Waals surface area contributed by atoms with Gasteiger partial charge in [-0.3, -0.25) is 10.6 Å². The molecule has 0 unspecified atom stereocenters. The summed E-state index contributed by atoms with van der Waals surface area (Å²) in [5, 5.41) is 4.61. The number of nitrogens with two attached hydrogens (primary N) is 1. The van der Waals surface area contributed by atoms with Gasteiger partial charge in [-0.25, -0.2) is 5.01 Å². The molecule has 1 heterocycles. The first-order chi connectivity index (χ1) is 5.18. The van der Waals surface area contributed by atoms with E-state index < -0.39 is 0 Å². The molecule has 0 aromatic rings. The van der Waals surface area contributed by atoms with Crippen molar-refractivity contribution in [2.24, 2.45) is 5.84 Å². The third-order valence-electron chi connectivity index (χ3n) is 1.86. The van der Waals surface area contributed by atoms with Crippen molar-refractivity contribution in [1.29, 1.82) is 0 Å². The van der Waals surface area contributed by atoms with Crippen molar-refractivity contribution >= 4 is 5.91 Å². The second-order valence-electron chi connectivity index (χ2n) is 3.03. The first-order valence-corrected chi connectivity index (χ1v) is 3.95. The van der Waals surface area contributed by atoms with E-state index in [0.29, 0.717) is 0 Å². The van der Waals surface area contributed by atoms with E-state index in [-0.39, 0.29) is 11.9 Å². The minimum Gasteiger partial charge on any atom is -0.352 e. The Morgan fingerprint density at radius 1 is 1.73 bits per heavy atom. The lowest BCUT2D eigenvalue weighted by atomic mass is 10.1. The molecule has 1 aliphatic rings. The Hall–Kier alpha value is -0.610. The molecule has 0 aromatic carbocycles. The SMILES string of the molecule is CC(=O)N[C@@H]1CCCN(N)C1. The molecule has 11 heavy (non-hydrogen) atoms. The van der Waals surface area contributed by atoms with Gasteiger partial charge in [0.05, 0.1) is 0 Å². The Labute approximate surface area is 66.7 Å². The van der Waals surface area contributed by atoms with Crippen LogP contribution in [0.3, 0.4) is 0 Å². The maximum atomic E-state index is 10.6. The Kier molecular flexibility index (Phi) is 2.84. The fourth-order valence-electron chi connectivity index (χ4n) is 1.41. The van der Waals surface area contributed by atoms with Crippen LogP contribution in [0.4, 0.5) is 0 Å². The highest BCUT2D eigenvalue weighted by Crippen LogP contribution is 2.05. The summed E-state index contributed by atoms with van der Waals surface area (Å²) in [6, 6.07) is 0.256. The van der Waals surface area contributed by atoms with Crippen molar-refractivity contribution in [3.8, 4) is 0 Å². The zero-order chi connectivity index (χ0) is 8.27. The topological polar surface area (TPSA) is 58.4 Å². The Morgan fingerprint density at radius 3 is 3.00 bits per heavy atom. The Balaban J connectivity index is 2.28. The molecule has 64 valence electrons. The highest BCUT2D eigenvalue weighted by molar-refractivity contribution is 5.73. The third-order valence-corrected chi connectivity index (χ3v) is 1.86. The van der Waals surface area contributed by atoms with E-state index in [9.17, 15) is 4.79 Å². The van der Waals surface area contributed by atoms with Gasteiger partial charge in [0, 0.05) is 26.1 Å². The van der Waals surface area contributed by atoms with E-state index in [4.69, 9.17) is 5.84 Å². The summed E-state index contributed by atoms with van der Waals surface area (Å²) in [7, 11) is 0. The molecule has 1 rings (SSSR count). The summed E-state index contributed by atoms with van der Waals surface area (Å²) >= 11 is 0. The number of hydrazine groups is 1. The molecule has 4 heteroatoms. The summed E-state index contributed by atoms with van der Waals surface area (Å²) in [6.07, 6.45) is 2.12. The molecule has 0 spiro atoms. The molecule has 1 fully saturated rings. The smallest absolute Gasteiger partial charge is 0.217 e. The van der Waals surface area contributed by atoms with Crippen molar-refractivity contribution in [3.05, 3.63) is 0 Å². The van der Waals surface area contributed by atoms with Crippen LogP contribution in [-0.2, 0) is 4.79 Å². The zero-order valence-corrected chi connectivity index (χ0v) is 6.84. The average Bonchev–Trinajstić information content (AvgIpc) is 1.85. The van der Waals surface area contributed by atoms with Crippen molar-refractivity contribution in [3.63, 3.8) is 0 Å². The number of carbonyl (C=O) groups is 1. The molecule has 1 atom stereocenters. The van der Waals surface area contributed by atoms with E-state index in [1.54, 1.807) is 5.01 Å². The number of carbonyl (C=O) groups excluding carboxylic acids is 1. The van der Waals surface area contributed by atoms with Gasteiger partial charge in [0.15, 0.2) is 0 Å². The lowest BCUT2D eigenvalue weighted by Crippen LogP contribution is -2.49. The number of amides is 1. The first-order valence-electron chi connectivity index (χ1n) is 3.95. The van der Waals surface area contributed by atoms with Crippen LogP contribution in [0, 0.1) is 0 Å². The summed E-state index contributed by atoms with van der Waals surface area (Å²) in [5.74, 6) is 5.62. The van der Waals surface area contributed by atoms with Gasteiger partial charge in [-0.15, -0.1) is 0 Å². The fourth-order valence-corrected chi connectivity index (χ4v) is 1.41. The quantitative estimate of drug-likeness (QED) is 0.503. The van der Waals surface area contributed by atoms with E-state index in [0.717, 1.165) is 25.9 Å². The van der Waals surface area contributed by atoms with Gasteiger partial charge in [-0.2, -0.15) is 0 Å². The summed E-state index contributed by atoms with van der Waals surface area (Å²) in [6.45, 7) is 3.26. The van der Waals surface area contributed by atoms with Crippen LogP contribution in [0.15, 0.2) is 0 Å². The molecule has 4 nitrogen and oxygen atoms in total. The van der Waals surface area contributed by atoms with Crippen LogP contribution in [0.25, 0.3) is 0 Å². The van der Waals surface area contributed by atoms with Crippen molar-refractivity contribution in [1.82, 2.24) is 10.3 Å². The van der Waals surface area contributed by atoms with Gasteiger partial charge >= 0.3 is 0 Å². The molecule has 0 radical (unpaired) electrons. The Morgan fingerprint density at radius 2 is 2.45 bits per heavy atom. The number of hydrogen-bond donors (Lipinski definition) is 2. The maximum absolute atomic E-state index is 10.6. The molecular formula is C7H15N3O. The minimum atomic E-state index is 0.0327. The lowest BCUT2D eigenvalue weighted by Gasteiger charge is -2.29. The van der Waals surface area contributed by atoms with Gasteiger partial charge in [0.25, 0.3) is 0 Å². The normalized spacial score (nSPS) is 26.5. The van der Waals surface area contributed by atoms with Crippen LogP contribution in [-0.4, -0.2) is 30.0 Å². The standard InChI is InChI=1S/C7H15N3O/c1-6(11)9-7-3-2-4-10(8)5-7/h7H,2-5,8H2,1H3,(H,9,11)/t7-/m1/s1. The molecule has 0 saturated carbocycles. The van der Waals surface area contributed by atoms with Crippen molar-refractivity contribution in [2.45, 2.75) is 25.8 Å². The van der Waals surface area contributed by atoms with Gasteiger partial charge in [0.1, 0.15) is 0 Å². The molecule has 1 saturated heterocycles. The number of hydrogen-bond acceptors (Lipinski definition) is 3. The van der Waals surface area contributed by atoms with Gasteiger partial charge < -0.3 is 5.32 Å². The van der Waals surface area contributed by atoms with Crippen molar-refractivity contribution in [2.75, 3.05) is 13.1 Å². The Bertz CT molecular complexity index is 149. The molecule has 3 N–H and O–H groups in total. The molecule has 0 aliphatic carbocycles. The van der Waals surface area contributed by atoms with E-state index in [1.807, 2.05) is 0 Å². The highest BCUT2D eigenvalue weighted by Gasteiger charge is 2.17. The number of nitrogens with zero attached hydrogens (tertiary/aromatic N) is 1. The maximum Gasteiger partial charge on any atom is 0.217 e. The van der Waals surface area contributed by atoms with Crippen LogP contribution in [0.1, 0.15) is 19.8 Å². The van der Waals surface area contributed by atoms with Crippen LogP contribution in [0.5, 0.6) is 0 Å². The van der Waals surface area contributed by atoms with Crippen molar-refractivity contribution < 1.29 is 4.79 Å². The first kappa shape index (κ1) is 8.49. The van der Waals surface area contributed by atoms with Crippen LogP contribution < -0.4 is 11.2 Å². The molecule has 1 aliphatic heterocycles. The number of nitrogens with one attached hydrogen (secondary N) is 1. The minimum absolute atomic E-state index is 0.0327.